The van der Waals surface area contributed by atoms with E-state index in [1.54, 1.807) is 37.3 Å². The Balaban J connectivity index is 1.91. The van der Waals surface area contributed by atoms with Gasteiger partial charge < -0.3 is 16.4 Å². The van der Waals surface area contributed by atoms with Crippen LogP contribution in [0.5, 0.6) is 0 Å². The van der Waals surface area contributed by atoms with Crippen LogP contribution in [0.1, 0.15) is 55.1 Å². The van der Waals surface area contributed by atoms with Gasteiger partial charge in [-0.2, -0.15) is 18.4 Å². The van der Waals surface area contributed by atoms with Crippen LogP contribution in [0.25, 0.3) is 0 Å². The highest BCUT2D eigenvalue weighted by atomic mass is 19.4. The molecule has 13 heteroatoms. The number of alkyl halides is 3. The fourth-order valence-electron chi connectivity index (χ4n) is 5.44. The van der Waals surface area contributed by atoms with Crippen molar-refractivity contribution in [2.24, 2.45) is 16.1 Å². The smallest absolute Gasteiger partial charge is 0.400 e. The molecular formula is C37H36F4N6O3. The number of nitrogens with two attached hydrogens (primary N) is 1. The number of likely N-dealkylation sites (tertiary alicyclic amines) is 1. The molecule has 3 aromatic carbocycles. The first-order valence-electron chi connectivity index (χ1n) is 15.6. The van der Waals surface area contributed by atoms with E-state index < -0.39 is 52.7 Å². The van der Waals surface area contributed by atoms with Crippen LogP contribution in [0.15, 0.2) is 107 Å². The van der Waals surface area contributed by atoms with E-state index in [2.05, 4.69) is 10.6 Å². The fraction of sp³-hybridized carbons (Fsp3) is 0.270. The summed E-state index contributed by atoms with van der Waals surface area (Å²) in [6, 6.07) is 17.9. The Morgan fingerprint density at radius 3 is 2.26 bits per heavy atom. The standard InChI is InChI=1S/C37H36F4N6O3/c1-5-47-32(45-27-12-7-6-8-13-27)30(28(43)21-44-33(48)24(20-42)19-36(2,3)4)29(22-14-16-26(38)17-15-22)31(35(47)50)46-34(49)23-10-9-11-25(18-23)37(39,40)41/h6-19,29,31H,5,21,43H2,1-4H3,(H,44,48)(H,46,49)/b24-19+,30-28-,45-32?. The monoisotopic (exact) mass is 688 g/mol. The number of carbonyl (C=O) groups excluding carboxylic acids is 3. The van der Waals surface area contributed by atoms with Crippen LogP contribution in [0.2, 0.25) is 0 Å². The first-order chi connectivity index (χ1) is 23.5. The Bertz CT molecular complexity index is 1890. The van der Waals surface area contributed by atoms with Crippen LogP contribution in [0.4, 0.5) is 23.2 Å². The highest BCUT2D eigenvalue weighted by Gasteiger charge is 2.46. The number of hydrogen-bond donors (Lipinski definition) is 3. The van der Waals surface area contributed by atoms with Gasteiger partial charge in [-0.1, -0.05) is 63.2 Å². The molecule has 0 bridgehead atoms. The Labute approximate surface area is 287 Å². The number of para-hydroxylation sites is 1. The lowest BCUT2D eigenvalue weighted by Crippen LogP contribution is -2.59. The molecule has 1 saturated heterocycles. The van der Waals surface area contributed by atoms with Crippen molar-refractivity contribution in [1.82, 2.24) is 15.5 Å². The Kier molecular flexibility index (Phi) is 11.3. The summed E-state index contributed by atoms with van der Waals surface area (Å²) in [5.41, 5.74) is 5.63. The van der Waals surface area contributed by atoms with Crippen molar-refractivity contribution in [3.05, 3.63) is 124 Å². The van der Waals surface area contributed by atoms with Gasteiger partial charge in [0, 0.05) is 29.3 Å². The molecule has 0 aliphatic carbocycles. The molecule has 1 heterocycles. The summed E-state index contributed by atoms with van der Waals surface area (Å²) in [4.78, 5) is 47.0. The van der Waals surface area contributed by atoms with E-state index in [0.717, 1.165) is 24.3 Å². The molecule has 2 unspecified atom stereocenters. The highest BCUT2D eigenvalue weighted by molar-refractivity contribution is 6.16. The van der Waals surface area contributed by atoms with Gasteiger partial charge in [-0.15, -0.1) is 0 Å². The van der Waals surface area contributed by atoms with Gasteiger partial charge in [0.1, 0.15) is 29.3 Å². The first-order valence-corrected chi connectivity index (χ1v) is 15.6. The van der Waals surface area contributed by atoms with Crippen molar-refractivity contribution in [2.75, 3.05) is 13.1 Å². The molecule has 1 aliphatic rings. The third-order valence-corrected chi connectivity index (χ3v) is 7.68. The first kappa shape index (κ1) is 37.1. The zero-order valence-electron chi connectivity index (χ0n) is 27.8. The maximum absolute atomic E-state index is 14.3. The van der Waals surface area contributed by atoms with E-state index in [1.165, 1.54) is 29.2 Å². The molecule has 50 heavy (non-hydrogen) atoms. The van der Waals surface area contributed by atoms with E-state index >= 15 is 0 Å². The zero-order chi connectivity index (χ0) is 36.8. The van der Waals surface area contributed by atoms with Gasteiger partial charge in [-0.05, 0) is 60.4 Å². The van der Waals surface area contributed by atoms with E-state index in [-0.39, 0.29) is 41.3 Å². The van der Waals surface area contributed by atoms with E-state index in [4.69, 9.17) is 10.7 Å². The molecule has 4 N–H and O–H groups in total. The number of piperidine rings is 1. The average Bonchev–Trinajstić information content (AvgIpc) is 3.07. The molecule has 4 rings (SSSR count). The summed E-state index contributed by atoms with van der Waals surface area (Å²) < 4.78 is 54.7. The second kappa shape index (κ2) is 15.2. The largest absolute Gasteiger partial charge is 0.416 e. The van der Waals surface area contributed by atoms with E-state index in [0.29, 0.717) is 17.3 Å². The fourth-order valence-corrected chi connectivity index (χ4v) is 5.44. The van der Waals surface area contributed by atoms with Gasteiger partial charge in [-0.25, -0.2) is 9.38 Å². The lowest BCUT2D eigenvalue weighted by atomic mass is 9.78. The number of nitriles is 1. The number of amides is 3. The van der Waals surface area contributed by atoms with Gasteiger partial charge in [0.2, 0.25) is 0 Å². The molecule has 0 saturated carbocycles. The molecular weight excluding hydrogens is 652 g/mol. The van der Waals surface area contributed by atoms with Crippen molar-refractivity contribution in [2.45, 2.75) is 45.8 Å². The Hall–Kier alpha value is -5.77. The number of rotatable bonds is 8. The minimum atomic E-state index is -4.72. The van der Waals surface area contributed by atoms with Gasteiger partial charge >= 0.3 is 6.18 Å². The normalized spacial score (nSPS) is 18.8. The van der Waals surface area contributed by atoms with Crippen molar-refractivity contribution in [3.8, 4) is 6.07 Å². The molecule has 1 aliphatic heterocycles. The van der Waals surface area contributed by atoms with Crippen molar-refractivity contribution < 1.29 is 31.9 Å². The summed E-state index contributed by atoms with van der Waals surface area (Å²) in [5.74, 6) is -4.00. The number of amidine groups is 1. The lowest BCUT2D eigenvalue weighted by molar-refractivity contribution is -0.137. The third-order valence-electron chi connectivity index (χ3n) is 7.68. The predicted molar refractivity (Wildman–Crippen MR) is 180 cm³/mol. The van der Waals surface area contributed by atoms with Crippen LogP contribution < -0.4 is 16.4 Å². The summed E-state index contributed by atoms with van der Waals surface area (Å²) in [5, 5.41) is 14.9. The molecule has 0 aromatic heterocycles. The number of likely N-dealkylation sites (N-methyl/N-ethyl adjacent to an activating group) is 1. The molecule has 9 nitrogen and oxygen atoms in total. The maximum Gasteiger partial charge on any atom is 0.416 e. The number of aliphatic imine (C=N–C) groups is 1. The number of allylic oxidation sites excluding steroid dienone is 1. The summed E-state index contributed by atoms with van der Waals surface area (Å²) in [6.45, 7) is 6.82. The van der Waals surface area contributed by atoms with Crippen LogP contribution in [0, 0.1) is 22.6 Å². The van der Waals surface area contributed by atoms with Crippen LogP contribution in [-0.2, 0) is 15.8 Å². The number of halogens is 4. The van der Waals surface area contributed by atoms with Crippen LogP contribution in [0.3, 0.4) is 0 Å². The highest BCUT2D eigenvalue weighted by Crippen LogP contribution is 2.38. The quantitative estimate of drug-likeness (QED) is 0.148. The number of nitrogens with one attached hydrogen (secondary N) is 2. The second-order valence-corrected chi connectivity index (χ2v) is 12.6. The molecule has 0 radical (unpaired) electrons. The average molecular weight is 689 g/mol. The number of carbonyl (C=O) groups is 3. The van der Waals surface area contributed by atoms with E-state index in [1.807, 2.05) is 26.8 Å². The summed E-state index contributed by atoms with van der Waals surface area (Å²) >= 11 is 0. The van der Waals surface area contributed by atoms with E-state index in [9.17, 15) is 37.2 Å². The van der Waals surface area contributed by atoms with Crippen molar-refractivity contribution >= 4 is 29.2 Å². The number of nitrogens with zero attached hydrogens (tertiary/aromatic N) is 3. The van der Waals surface area contributed by atoms with Crippen LogP contribution in [-0.4, -0.2) is 47.6 Å². The molecule has 3 amide bonds. The van der Waals surface area contributed by atoms with Gasteiger partial charge in [0.05, 0.1) is 17.8 Å². The van der Waals surface area contributed by atoms with Crippen molar-refractivity contribution in [3.63, 3.8) is 0 Å². The van der Waals surface area contributed by atoms with Crippen LogP contribution >= 0.6 is 0 Å². The molecule has 1 fully saturated rings. The molecule has 3 aromatic rings. The minimum absolute atomic E-state index is 0.000303. The van der Waals surface area contributed by atoms with Gasteiger partial charge in [0.25, 0.3) is 17.7 Å². The molecule has 0 spiro atoms. The predicted octanol–water partition coefficient (Wildman–Crippen LogP) is 6.14. The lowest BCUT2D eigenvalue weighted by Gasteiger charge is -2.41. The number of hydrogen-bond acceptors (Lipinski definition) is 6. The number of benzene rings is 3. The molecule has 2 atom stereocenters. The summed E-state index contributed by atoms with van der Waals surface area (Å²) in [7, 11) is 0. The van der Waals surface area contributed by atoms with Gasteiger partial charge in [0.15, 0.2) is 0 Å². The minimum Gasteiger partial charge on any atom is -0.400 e. The van der Waals surface area contributed by atoms with Crippen molar-refractivity contribution in [1.29, 1.82) is 5.26 Å². The molecule has 260 valence electrons. The topological polar surface area (TPSA) is 141 Å². The second-order valence-electron chi connectivity index (χ2n) is 12.6. The zero-order valence-corrected chi connectivity index (χ0v) is 27.8. The third kappa shape index (κ3) is 8.82. The van der Waals surface area contributed by atoms with Gasteiger partial charge in [-0.3, -0.25) is 19.3 Å². The summed E-state index contributed by atoms with van der Waals surface area (Å²) in [6.07, 6.45) is -3.22. The Morgan fingerprint density at radius 1 is 1.02 bits per heavy atom. The Morgan fingerprint density at radius 2 is 1.68 bits per heavy atom. The SMILES string of the molecule is CCN1C(=O)C(NC(=O)c2cccc(C(F)(F)F)c2)C(c2ccc(F)cc2)/C(=C(/N)CNC(=O)/C(C#N)=C/C(C)(C)C)C1=Nc1ccccc1. The maximum atomic E-state index is 14.3.